The lowest BCUT2D eigenvalue weighted by molar-refractivity contribution is 0.102. The van der Waals surface area contributed by atoms with Crippen LogP contribution in [0.15, 0.2) is 58.4 Å². The van der Waals surface area contributed by atoms with Gasteiger partial charge in [-0.05, 0) is 36.4 Å². The molecule has 4 nitrogen and oxygen atoms in total. The third-order valence-electron chi connectivity index (χ3n) is 3.51. The second-order valence-electron chi connectivity index (χ2n) is 5.44. The first-order chi connectivity index (χ1) is 11.5. The Balaban J connectivity index is 1.72. The summed E-state index contributed by atoms with van der Waals surface area (Å²) in [5, 5.41) is 5.38. The van der Waals surface area contributed by atoms with E-state index in [1.54, 1.807) is 0 Å². The zero-order chi connectivity index (χ0) is 17.1. The van der Waals surface area contributed by atoms with E-state index in [0.29, 0.717) is 10.7 Å². The van der Waals surface area contributed by atoms with Crippen LogP contribution < -0.4 is 10.2 Å². The van der Waals surface area contributed by atoms with Gasteiger partial charge in [-0.3, -0.25) is 10.1 Å². The lowest BCUT2D eigenvalue weighted by Crippen LogP contribution is -2.13. The molecule has 3 rings (SSSR count). The van der Waals surface area contributed by atoms with Crippen LogP contribution in [0.5, 0.6) is 0 Å². The number of hydrogen-bond acceptors (Lipinski definition) is 4. The monoisotopic (exact) mass is 401 g/mol. The summed E-state index contributed by atoms with van der Waals surface area (Å²) in [6.45, 7) is 0. The van der Waals surface area contributed by atoms with Crippen LogP contribution in [0.2, 0.25) is 0 Å². The first kappa shape index (κ1) is 16.7. The topological polar surface area (TPSA) is 45.2 Å². The molecule has 122 valence electrons. The lowest BCUT2D eigenvalue weighted by Gasteiger charge is -2.12. The van der Waals surface area contributed by atoms with Gasteiger partial charge in [-0.25, -0.2) is 4.98 Å². The number of halogens is 1. The fraction of sp³-hybridized carbons (Fsp3) is 0.111. The van der Waals surface area contributed by atoms with E-state index < -0.39 is 0 Å². The van der Waals surface area contributed by atoms with Crippen LogP contribution >= 0.6 is 27.3 Å². The molecule has 0 spiro atoms. The van der Waals surface area contributed by atoms with Crippen molar-refractivity contribution in [1.82, 2.24) is 4.98 Å². The summed E-state index contributed by atoms with van der Waals surface area (Å²) < 4.78 is 1.02. The van der Waals surface area contributed by atoms with Crippen LogP contribution in [0.3, 0.4) is 0 Å². The Morgan fingerprint density at radius 2 is 1.75 bits per heavy atom. The Kier molecular flexibility index (Phi) is 4.97. The summed E-state index contributed by atoms with van der Waals surface area (Å²) >= 11 is 4.83. The van der Waals surface area contributed by atoms with Crippen molar-refractivity contribution in [2.75, 3.05) is 24.3 Å². The molecule has 0 unspecified atom stereocenters. The van der Waals surface area contributed by atoms with E-state index in [1.165, 1.54) is 11.3 Å². The molecule has 0 saturated carbocycles. The summed E-state index contributed by atoms with van der Waals surface area (Å²) in [5.74, 6) is -0.156. The van der Waals surface area contributed by atoms with Crippen LogP contribution in [0, 0.1) is 0 Å². The average molecular weight is 402 g/mol. The number of nitrogens with zero attached hydrogens (tertiary/aromatic N) is 2. The number of carbonyl (C=O) groups excluding carboxylic acids is 1. The Labute approximate surface area is 153 Å². The van der Waals surface area contributed by atoms with E-state index >= 15 is 0 Å². The number of thiazole rings is 1. The van der Waals surface area contributed by atoms with Gasteiger partial charge in [0.25, 0.3) is 5.91 Å². The maximum atomic E-state index is 12.3. The molecule has 1 N–H and O–H groups in total. The summed E-state index contributed by atoms with van der Waals surface area (Å²) in [7, 11) is 3.93. The minimum absolute atomic E-state index is 0.156. The second-order valence-corrected chi connectivity index (χ2v) is 7.21. The minimum Gasteiger partial charge on any atom is -0.378 e. The van der Waals surface area contributed by atoms with E-state index in [-0.39, 0.29) is 5.91 Å². The molecule has 6 heteroatoms. The maximum absolute atomic E-state index is 12.3. The highest BCUT2D eigenvalue weighted by molar-refractivity contribution is 9.10. The molecule has 0 radical (unpaired) electrons. The number of aromatic nitrogens is 1. The molecule has 2 aromatic carbocycles. The van der Waals surface area contributed by atoms with Crippen molar-refractivity contribution in [3.8, 4) is 11.3 Å². The van der Waals surface area contributed by atoms with Gasteiger partial charge < -0.3 is 4.90 Å². The predicted molar refractivity (Wildman–Crippen MR) is 104 cm³/mol. The standard InChI is InChI=1S/C18H16BrN3OS/c1-22(2)15-9-5-13(6-10-15)17(23)21-18-20-16(11-24-18)12-3-7-14(19)8-4-12/h3-11H,1-2H3,(H,20,21,23). The maximum Gasteiger partial charge on any atom is 0.257 e. The van der Waals surface area contributed by atoms with Crippen molar-refractivity contribution < 1.29 is 4.79 Å². The number of benzene rings is 2. The smallest absolute Gasteiger partial charge is 0.257 e. The Bertz CT molecular complexity index is 841. The molecule has 3 aromatic rings. The average Bonchev–Trinajstić information content (AvgIpc) is 3.04. The highest BCUT2D eigenvalue weighted by atomic mass is 79.9. The molecule has 0 saturated heterocycles. The molecular weight excluding hydrogens is 386 g/mol. The molecule has 0 bridgehead atoms. The van der Waals surface area contributed by atoms with Gasteiger partial charge in [0, 0.05) is 40.8 Å². The molecule has 1 amide bonds. The van der Waals surface area contributed by atoms with Crippen LogP contribution in [0.1, 0.15) is 10.4 Å². The van der Waals surface area contributed by atoms with E-state index in [4.69, 9.17) is 0 Å². The summed E-state index contributed by atoms with van der Waals surface area (Å²) in [6, 6.07) is 15.4. The summed E-state index contributed by atoms with van der Waals surface area (Å²) in [6.07, 6.45) is 0. The molecule has 0 atom stereocenters. The van der Waals surface area contributed by atoms with E-state index in [2.05, 4.69) is 26.2 Å². The molecule has 0 aliphatic heterocycles. The van der Waals surface area contributed by atoms with Gasteiger partial charge in [-0.1, -0.05) is 28.1 Å². The zero-order valence-electron chi connectivity index (χ0n) is 13.3. The van der Waals surface area contributed by atoms with E-state index in [1.807, 2.05) is 72.9 Å². The molecule has 24 heavy (non-hydrogen) atoms. The molecular formula is C18H16BrN3OS. The predicted octanol–water partition coefficient (Wildman–Crippen LogP) is 4.89. The summed E-state index contributed by atoms with van der Waals surface area (Å²) in [5.41, 5.74) is 3.54. The number of rotatable bonds is 4. The molecule has 1 aromatic heterocycles. The fourth-order valence-electron chi connectivity index (χ4n) is 2.16. The molecule has 0 fully saturated rings. The van der Waals surface area contributed by atoms with E-state index in [9.17, 15) is 4.79 Å². The van der Waals surface area contributed by atoms with Crippen molar-refractivity contribution in [2.24, 2.45) is 0 Å². The van der Waals surface area contributed by atoms with Crippen LogP contribution in [0.4, 0.5) is 10.8 Å². The number of nitrogens with one attached hydrogen (secondary N) is 1. The number of amides is 1. The Morgan fingerprint density at radius 3 is 2.38 bits per heavy atom. The van der Waals surface area contributed by atoms with Gasteiger partial charge in [0.05, 0.1) is 5.69 Å². The van der Waals surface area contributed by atoms with Gasteiger partial charge in [-0.15, -0.1) is 11.3 Å². The van der Waals surface area contributed by atoms with Crippen molar-refractivity contribution in [3.05, 3.63) is 63.9 Å². The molecule has 1 heterocycles. The third-order valence-corrected chi connectivity index (χ3v) is 4.80. The first-order valence-electron chi connectivity index (χ1n) is 7.33. The second kappa shape index (κ2) is 7.15. The normalized spacial score (nSPS) is 10.5. The third kappa shape index (κ3) is 3.83. The van der Waals surface area contributed by atoms with Gasteiger partial charge in [-0.2, -0.15) is 0 Å². The van der Waals surface area contributed by atoms with Gasteiger partial charge >= 0.3 is 0 Å². The Hall–Kier alpha value is -2.18. The number of carbonyl (C=O) groups is 1. The first-order valence-corrected chi connectivity index (χ1v) is 9.00. The Morgan fingerprint density at radius 1 is 1.08 bits per heavy atom. The van der Waals surface area contributed by atoms with E-state index in [0.717, 1.165) is 21.4 Å². The van der Waals surface area contributed by atoms with Gasteiger partial charge in [0.1, 0.15) is 0 Å². The van der Waals surface area contributed by atoms with Crippen LogP contribution in [0.25, 0.3) is 11.3 Å². The molecule has 0 aliphatic carbocycles. The largest absolute Gasteiger partial charge is 0.378 e. The fourth-order valence-corrected chi connectivity index (χ4v) is 3.14. The molecule has 0 aliphatic rings. The number of hydrogen-bond donors (Lipinski definition) is 1. The number of anilines is 2. The highest BCUT2D eigenvalue weighted by Gasteiger charge is 2.10. The van der Waals surface area contributed by atoms with Crippen molar-refractivity contribution in [1.29, 1.82) is 0 Å². The SMILES string of the molecule is CN(C)c1ccc(C(=O)Nc2nc(-c3ccc(Br)cc3)cs2)cc1. The van der Waals surface area contributed by atoms with Crippen LogP contribution in [-0.4, -0.2) is 25.0 Å². The zero-order valence-corrected chi connectivity index (χ0v) is 15.7. The van der Waals surface area contributed by atoms with Crippen LogP contribution in [-0.2, 0) is 0 Å². The van der Waals surface area contributed by atoms with Crippen molar-refractivity contribution >= 4 is 44.0 Å². The van der Waals surface area contributed by atoms with Crippen molar-refractivity contribution in [3.63, 3.8) is 0 Å². The van der Waals surface area contributed by atoms with Crippen molar-refractivity contribution in [2.45, 2.75) is 0 Å². The lowest BCUT2D eigenvalue weighted by atomic mass is 10.2. The van der Waals surface area contributed by atoms with Gasteiger partial charge in [0.2, 0.25) is 0 Å². The quantitative estimate of drug-likeness (QED) is 0.676. The summed E-state index contributed by atoms with van der Waals surface area (Å²) in [4.78, 5) is 18.8. The highest BCUT2D eigenvalue weighted by Crippen LogP contribution is 2.26. The minimum atomic E-state index is -0.156. The van der Waals surface area contributed by atoms with Gasteiger partial charge in [0.15, 0.2) is 5.13 Å².